The summed E-state index contributed by atoms with van der Waals surface area (Å²) in [6, 6.07) is 7.27. The van der Waals surface area contributed by atoms with Crippen molar-refractivity contribution in [3.05, 3.63) is 47.1 Å². The molecule has 156 valence electrons. The highest BCUT2D eigenvalue weighted by molar-refractivity contribution is 14.0. The summed E-state index contributed by atoms with van der Waals surface area (Å²) in [4.78, 5) is 6.18. The molecule has 0 saturated carbocycles. The van der Waals surface area contributed by atoms with Crippen LogP contribution in [0.25, 0.3) is 0 Å². The lowest BCUT2D eigenvalue weighted by Crippen LogP contribution is -2.36. The average Bonchev–Trinajstić information content (AvgIpc) is 3.13. The van der Waals surface area contributed by atoms with E-state index in [9.17, 15) is 4.39 Å². The minimum atomic E-state index is -0.205. The fourth-order valence-corrected chi connectivity index (χ4v) is 2.74. The first-order valence-corrected chi connectivity index (χ1v) is 9.41. The Labute approximate surface area is 184 Å². The lowest BCUT2D eigenvalue weighted by Gasteiger charge is -2.22. The number of aromatic nitrogens is 1. The molecule has 0 amide bonds. The van der Waals surface area contributed by atoms with Gasteiger partial charge in [0.15, 0.2) is 11.7 Å². The second-order valence-electron chi connectivity index (χ2n) is 6.61. The van der Waals surface area contributed by atoms with Crippen molar-refractivity contribution in [2.75, 3.05) is 25.0 Å². The monoisotopic (exact) mass is 503 g/mol. The summed E-state index contributed by atoms with van der Waals surface area (Å²) < 4.78 is 19.7. The van der Waals surface area contributed by atoms with Gasteiger partial charge >= 0.3 is 0 Å². The summed E-state index contributed by atoms with van der Waals surface area (Å²) in [6.07, 6.45) is 0. The van der Waals surface area contributed by atoms with Crippen molar-refractivity contribution in [3.63, 3.8) is 0 Å². The van der Waals surface area contributed by atoms with E-state index in [4.69, 9.17) is 4.52 Å². The van der Waals surface area contributed by atoms with Crippen molar-refractivity contribution >= 4 is 35.6 Å². The van der Waals surface area contributed by atoms with Gasteiger partial charge in [0.25, 0.3) is 0 Å². The molecule has 6 nitrogen and oxygen atoms in total. The van der Waals surface area contributed by atoms with E-state index in [-0.39, 0.29) is 29.8 Å². The number of hydrogen-bond acceptors (Lipinski definition) is 4. The van der Waals surface area contributed by atoms with Gasteiger partial charge < -0.3 is 20.1 Å². The Balaban J connectivity index is 0.00000392. The third-order valence-corrected chi connectivity index (χ3v) is 4.40. The molecule has 0 bridgehead atoms. The van der Waals surface area contributed by atoms with Crippen LogP contribution < -0.4 is 15.5 Å². The normalized spacial score (nSPS) is 11.3. The molecule has 0 radical (unpaired) electrons. The van der Waals surface area contributed by atoms with Crippen LogP contribution in [-0.4, -0.2) is 31.3 Å². The molecule has 8 heteroatoms. The number of nitrogens with one attached hydrogen (secondary N) is 2. The molecule has 0 aliphatic heterocycles. The molecule has 2 aromatic rings. The third-order valence-electron chi connectivity index (χ3n) is 4.40. The molecule has 2 rings (SSSR count). The van der Waals surface area contributed by atoms with Gasteiger partial charge in [-0.2, -0.15) is 0 Å². The maximum Gasteiger partial charge on any atom is 0.191 e. The van der Waals surface area contributed by atoms with Crippen molar-refractivity contribution in [1.29, 1.82) is 0 Å². The molecule has 0 aliphatic rings. The fraction of sp³-hybridized carbons (Fsp3) is 0.500. The van der Waals surface area contributed by atoms with Gasteiger partial charge in [-0.25, -0.2) is 4.39 Å². The molecular formula is C20H31FIN5O. The molecule has 0 fully saturated rings. The van der Waals surface area contributed by atoms with Crippen LogP contribution in [0.5, 0.6) is 0 Å². The topological polar surface area (TPSA) is 65.7 Å². The van der Waals surface area contributed by atoms with Crippen LogP contribution in [0.15, 0.2) is 33.8 Å². The first kappa shape index (κ1) is 24.2. The standard InChI is InChI=1S/C20H30FN5O.HI/c1-6-26(7-2)19-9-8-15(10-17(19)21)12-23-20(22-5)24-13-16-11-18(14(3)4)25-27-16;/h8-11,14H,6-7,12-13H2,1-5H3,(H2,22,23,24);1H. The van der Waals surface area contributed by atoms with Gasteiger partial charge in [-0.3, -0.25) is 4.99 Å². The van der Waals surface area contributed by atoms with E-state index in [2.05, 4.69) is 34.6 Å². The number of aliphatic imine (C=N–C) groups is 1. The van der Waals surface area contributed by atoms with Gasteiger partial charge in [0.2, 0.25) is 0 Å². The Morgan fingerprint density at radius 1 is 1.18 bits per heavy atom. The SMILES string of the molecule is CCN(CC)c1ccc(CNC(=NC)NCc2cc(C(C)C)no2)cc1F.I. The van der Waals surface area contributed by atoms with Crippen molar-refractivity contribution in [1.82, 2.24) is 15.8 Å². The Hall–Kier alpha value is -1.84. The first-order valence-electron chi connectivity index (χ1n) is 9.41. The highest BCUT2D eigenvalue weighted by atomic mass is 127. The van der Waals surface area contributed by atoms with Crippen LogP contribution in [0, 0.1) is 5.82 Å². The predicted octanol–water partition coefficient (Wildman–Crippen LogP) is 4.27. The van der Waals surface area contributed by atoms with Crippen molar-refractivity contribution in [3.8, 4) is 0 Å². The first-order chi connectivity index (χ1) is 13.0. The average molecular weight is 503 g/mol. The van der Waals surface area contributed by atoms with E-state index in [1.807, 2.05) is 36.9 Å². The highest BCUT2D eigenvalue weighted by Gasteiger charge is 2.10. The summed E-state index contributed by atoms with van der Waals surface area (Å²) in [7, 11) is 1.69. The van der Waals surface area contributed by atoms with Crippen LogP contribution in [0.2, 0.25) is 0 Å². The third kappa shape index (κ3) is 6.65. The van der Waals surface area contributed by atoms with Gasteiger partial charge in [0.1, 0.15) is 5.82 Å². The Kier molecular flexibility index (Phi) is 10.3. The van der Waals surface area contributed by atoms with E-state index in [0.717, 1.165) is 30.1 Å². The number of nitrogens with zero attached hydrogens (tertiary/aromatic N) is 3. The second-order valence-corrected chi connectivity index (χ2v) is 6.61. The minimum absolute atomic E-state index is 0. The molecule has 0 atom stereocenters. The quantitative estimate of drug-likeness (QED) is 0.320. The zero-order valence-corrected chi connectivity index (χ0v) is 19.6. The van der Waals surface area contributed by atoms with Crippen LogP contribution in [0.1, 0.15) is 50.6 Å². The molecule has 0 unspecified atom stereocenters. The molecule has 1 heterocycles. The van der Waals surface area contributed by atoms with Crippen molar-refractivity contribution in [2.24, 2.45) is 4.99 Å². The smallest absolute Gasteiger partial charge is 0.191 e. The number of hydrogen-bond donors (Lipinski definition) is 2. The van der Waals surface area contributed by atoms with Gasteiger partial charge in [-0.15, -0.1) is 24.0 Å². The summed E-state index contributed by atoms with van der Waals surface area (Å²) in [5, 5.41) is 10.4. The van der Waals surface area contributed by atoms with Crippen LogP contribution in [-0.2, 0) is 13.1 Å². The maximum atomic E-state index is 14.4. The number of anilines is 1. The molecule has 2 N–H and O–H groups in total. The van der Waals surface area contributed by atoms with Gasteiger partial charge in [-0.05, 0) is 37.5 Å². The fourth-order valence-electron chi connectivity index (χ4n) is 2.74. The summed E-state index contributed by atoms with van der Waals surface area (Å²) in [6.45, 7) is 10.7. The molecule has 0 aliphatic carbocycles. The zero-order chi connectivity index (χ0) is 19.8. The summed E-state index contributed by atoms with van der Waals surface area (Å²) >= 11 is 0. The van der Waals surface area contributed by atoms with Crippen LogP contribution in [0.4, 0.5) is 10.1 Å². The molecule has 1 aromatic carbocycles. The number of rotatable bonds is 8. The lowest BCUT2D eigenvalue weighted by molar-refractivity contribution is 0.372. The number of guanidine groups is 1. The van der Waals surface area contributed by atoms with Crippen molar-refractivity contribution < 1.29 is 8.91 Å². The second kappa shape index (κ2) is 11.9. The highest BCUT2D eigenvalue weighted by Crippen LogP contribution is 2.20. The Morgan fingerprint density at radius 2 is 1.86 bits per heavy atom. The van der Waals surface area contributed by atoms with E-state index < -0.39 is 0 Å². The molecule has 28 heavy (non-hydrogen) atoms. The number of benzene rings is 1. The molecule has 0 saturated heterocycles. The van der Waals surface area contributed by atoms with E-state index in [1.54, 1.807) is 13.1 Å². The predicted molar refractivity (Wildman–Crippen MR) is 123 cm³/mol. The van der Waals surface area contributed by atoms with E-state index >= 15 is 0 Å². The number of halogens is 2. The minimum Gasteiger partial charge on any atom is -0.370 e. The largest absolute Gasteiger partial charge is 0.370 e. The summed E-state index contributed by atoms with van der Waals surface area (Å²) in [5.41, 5.74) is 2.42. The van der Waals surface area contributed by atoms with Gasteiger partial charge in [0, 0.05) is 32.7 Å². The van der Waals surface area contributed by atoms with Gasteiger partial charge in [0.05, 0.1) is 17.9 Å². The summed E-state index contributed by atoms with van der Waals surface area (Å²) in [5.74, 6) is 1.49. The molecular weight excluding hydrogens is 472 g/mol. The van der Waals surface area contributed by atoms with Gasteiger partial charge in [-0.1, -0.05) is 25.1 Å². The van der Waals surface area contributed by atoms with Crippen LogP contribution in [0.3, 0.4) is 0 Å². The van der Waals surface area contributed by atoms with Crippen LogP contribution >= 0.6 is 24.0 Å². The lowest BCUT2D eigenvalue weighted by atomic mass is 10.1. The maximum absolute atomic E-state index is 14.4. The molecule has 0 spiro atoms. The Bertz CT molecular complexity index is 759. The van der Waals surface area contributed by atoms with E-state index in [1.165, 1.54) is 0 Å². The zero-order valence-electron chi connectivity index (χ0n) is 17.3. The molecule has 1 aromatic heterocycles. The van der Waals surface area contributed by atoms with E-state index in [0.29, 0.717) is 30.7 Å². The Morgan fingerprint density at radius 3 is 2.39 bits per heavy atom. The van der Waals surface area contributed by atoms with Crippen molar-refractivity contribution in [2.45, 2.75) is 46.7 Å².